The smallest absolute Gasteiger partial charge is 0.0315 e. The van der Waals surface area contributed by atoms with E-state index in [-0.39, 0.29) is 0 Å². The largest absolute Gasteiger partial charge is 0.0710 e. The quantitative estimate of drug-likeness (QED) is 0.460. The van der Waals surface area contributed by atoms with E-state index in [2.05, 4.69) is 0 Å². The van der Waals surface area contributed by atoms with Crippen molar-refractivity contribution in [1.82, 2.24) is 0 Å². The highest BCUT2D eigenvalue weighted by atomic mass is 14.2. The molecule has 0 N–H and O–H groups in total. The minimum Gasteiger partial charge on any atom is -0.0710 e. The van der Waals surface area contributed by atoms with Gasteiger partial charge in [-0.1, -0.05) is 24.0 Å². The minimum absolute atomic E-state index is 1.44. The predicted octanol–water partition coefficient (Wildman–Crippen LogP) is 3.82. The van der Waals surface area contributed by atoms with E-state index in [9.17, 15) is 0 Å². The molecule has 0 aromatic heterocycles. The van der Waals surface area contributed by atoms with Crippen LogP contribution in [0.2, 0.25) is 0 Å². The number of allylic oxidation sites excluding steroid dienone is 2. The van der Waals surface area contributed by atoms with Gasteiger partial charge in [-0.05, 0) is 44.9 Å². The van der Waals surface area contributed by atoms with Gasteiger partial charge in [0.05, 0.1) is 0 Å². The molecule has 0 fully saturated rings. The van der Waals surface area contributed by atoms with E-state index in [4.69, 9.17) is 0 Å². The number of hydrogen-bond donors (Lipinski definition) is 0. The summed E-state index contributed by atoms with van der Waals surface area (Å²) >= 11 is 0. The fraction of sp³-hybridized carbons (Fsp3) is 0.818. The van der Waals surface area contributed by atoms with Crippen molar-refractivity contribution in [2.45, 2.75) is 57.8 Å². The molecule has 0 saturated carbocycles. The molecule has 0 radical (unpaired) electrons. The number of rotatable bonds is 0. The standard InChI is InChI=1S/C11H18/c1-2-4-7-11-9-5-8-10(11)6-3-1/h1-9H2. The van der Waals surface area contributed by atoms with Gasteiger partial charge in [0.2, 0.25) is 0 Å². The van der Waals surface area contributed by atoms with Gasteiger partial charge in [0.25, 0.3) is 0 Å². The monoisotopic (exact) mass is 150 g/mol. The molecule has 0 bridgehead atoms. The first-order chi connectivity index (χ1) is 5.47. The number of hydrogen-bond acceptors (Lipinski definition) is 0. The second-order valence-corrected chi connectivity index (χ2v) is 3.97. The average Bonchev–Trinajstić information content (AvgIpc) is 2.35. The minimum atomic E-state index is 1.44. The van der Waals surface area contributed by atoms with Crippen LogP contribution in [0.15, 0.2) is 11.1 Å². The lowest BCUT2D eigenvalue weighted by atomic mass is 9.95. The highest BCUT2D eigenvalue weighted by molar-refractivity contribution is 5.19. The molecule has 0 amide bonds. The summed E-state index contributed by atoms with van der Waals surface area (Å²) in [6, 6.07) is 0. The molecule has 0 atom stereocenters. The second kappa shape index (κ2) is 3.42. The highest BCUT2D eigenvalue weighted by Gasteiger charge is 2.14. The molecule has 2 aliphatic rings. The molecule has 0 spiro atoms. The van der Waals surface area contributed by atoms with E-state index >= 15 is 0 Å². The van der Waals surface area contributed by atoms with Crippen molar-refractivity contribution < 1.29 is 0 Å². The molecule has 2 rings (SSSR count). The van der Waals surface area contributed by atoms with E-state index in [1.165, 1.54) is 57.8 Å². The van der Waals surface area contributed by atoms with Gasteiger partial charge in [-0.15, -0.1) is 0 Å². The summed E-state index contributed by atoms with van der Waals surface area (Å²) in [7, 11) is 0. The summed E-state index contributed by atoms with van der Waals surface area (Å²) in [5.74, 6) is 0. The van der Waals surface area contributed by atoms with E-state index in [1.807, 2.05) is 11.1 Å². The van der Waals surface area contributed by atoms with Crippen molar-refractivity contribution in [3.63, 3.8) is 0 Å². The van der Waals surface area contributed by atoms with Gasteiger partial charge in [-0.25, -0.2) is 0 Å². The maximum Gasteiger partial charge on any atom is -0.0315 e. The lowest BCUT2D eigenvalue weighted by Crippen LogP contribution is -1.91. The van der Waals surface area contributed by atoms with E-state index in [0.717, 1.165) is 0 Å². The van der Waals surface area contributed by atoms with Crippen molar-refractivity contribution in [2.75, 3.05) is 0 Å². The van der Waals surface area contributed by atoms with Crippen LogP contribution in [0.4, 0.5) is 0 Å². The van der Waals surface area contributed by atoms with Crippen molar-refractivity contribution >= 4 is 0 Å². The molecule has 11 heavy (non-hydrogen) atoms. The Morgan fingerprint density at radius 3 is 1.45 bits per heavy atom. The third-order valence-corrected chi connectivity index (χ3v) is 3.16. The Morgan fingerprint density at radius 2 is 0.909 bits per heavy atom. The van der Waals surface area contributed by atoms with Gasteiger partial charge in [-0.2, -0.15) is 0 Å². The molecular weight excluding hydrogens is 132 g/mol. The molecule has 2 aliphatic carbocycles. The van der Waals surface area contributed by atoms with Crippen LogP contribution in [0.3, 0.4) is 0 Å². The van der Waals surface area contributed by atoms with Gasteiger partial charge < -0.3 is 0 Å². The topological polar surface area (TPSA) is 0 Å². The lowest BCUT2D eigenvalue weighted by Gasteiger charge is -2.11. The van der Waals surface area contributed by atoms with Gasteiger partial charge in [-0.3, -0.25) is 0 Å². The third-order valence-electron chi connectivity index (χ3n) is 3.16. The molecule has 0 aromatic rings. The summed E-state index contributed by atoms with van der Waals surface area (Å²) < 4.78 is 0. The third kappa shape index (κ3) is 1.66. The Balaban J connectivity index is 2.05. The zero-order valence-corrected chi connectivity index (χ0v) is 7.36. The lowest BCUT2D eigenvalue weighted by molar-refractivity contribution is 0.611. The normalized spacial score (nSPS) is 26.2. The van der Waals surface area contributed by atoms with Gasteiger partial charge >= 0.3 is 0 Å². The van der Waals surface area contributed by atoms with Crippen LogP contribution in [0, 0.1) is 0 Å². The molecular formula is C11H18. The van der Waals surface area contributed by atoms with Crippen LogP contribution in [0.1, 0.15) is 57.8 Å². The predicted molar refractivity (Wildman–Crippen MR) is 48.6 cm³/mol. The van der Waals surface area contributed by atoms with Crippen molar-refractivity contribution in [3.8, 4) is 0 Å². The molecule has 0 aromatic carbocycles. The maximum atomic E-state index is 1.85. The summed E-state index contributed by atoms with van der Waals surface area (Å²) in [6.45, 7) is 0. The first-order valence-corrected chi connectivity index (χ1v) is 5.16. The summed E-state index contributed by atoms with van der Waals surface area (Å²) in [5, 5.41) is 0. The summed E-state index contributed by atoms with van der Waals surface area (Å²) in [5.41, 5.74) is 3.70. The van der Waals surface area contributed by atoms with Crippen LogP contribution < -0.4 is 0 Å². The fourth-order valence-corrected chi connectivity index (χ4v) is 2.50. The zero-order chi connectivity index (χ0) is 7.52. The Kier molecular flexibility index (Phi) is 2.30. The van der Waals surface area contributed by atoms with Crippen molar-refractivity contribution in [1.29, 1.82) is 0 Å². The van der Waals surface area contributed by atoms with Crippen LogP contribution in [0.25, 0.3) is 0 Å². The van der Waals surface area contributed by atoms with Crippen molar-refractivity contribution in [3.05, 3.63) is 11.1 Å². The average molecular weight is 150 g/mol. The second-order valence-electron chi connectivity index (χ2n) is 3.97. The summed E-state index contributed by atoms with van der Waals surface area (Å²) in [6.07, 6.45) is 13.1. The first-order valence-electron chi connectivity index (χ1n) is 5.16. The molecule has 0 aliphatic heterocycles. The Bertz CT molecular complexity index is 147. The first kappa shape index (κ1) is 7.39. The maximum absolute atomic E-state index is 1.85. The van der Waals surface area contributed by atoms with Crippen LogP contribution in [-0.2, 0) is 0 Å². The van der Waals surface area contributed by atoms with Crippen LogP contribution in [0.5, 0.6) is 0 Å². The van der Waals surface area contributed by atoms with Gasteiger partial charge in [0, 0.05) is 0 Å². The van der Waals surface area contributed by atoms with E-state index in [1.54, 1.807) is 0 Å². The van der Waals surface area contributed by atoms with E-state index < -0.39 is 0 Å². The Hall–Kier alpha value is -0.260. The molecule has 0 unspecified atom stereocenters. The molecule has 0 heteroatoms. The van der Waals surface area contributed by atoms with E-state index in [0.29, 0.717) is 0 Å². The van der Waals surface area contributed by atoms with Crippen LogP contribution >= 0.6 is 0 Å². The summed E-state index contributed by atoms with van der Waals surface area (Å²) in [4.78, 5) is 0. The van der Waals surface area contributed by atoms with Crippen molar-refractivity contribution in [2.24, 2.45) is 0 Å². The zero-order valence-electron chi connectivity index (χ0n) is 7.36. The molecule has 0 nitrogen and oxygen atoms in total. The SMILES string of the molecule is C1CCCC2=C(CC1)CCC2. The van der Waals surface area contributed by atoms with Gasteiger partial charge in [0.1, 0.15) is 0 Å². The Labute approximate surface area is 69.7 Å². The fourth-order valence-electron chi connectivity index (χ4n) is 2.50. The molecule has 0 heterocycles. The Morgan fingerprint density at radius 1 is 0.455 bits per heavy atom. The van der Waals surface area contributed by atoms with Gasteiger partial charge in [0.15, 0.2) is 0 Å². The molecule has 62 valence electrons. The van der Waals surface area contributed by atoms with Crippen LogP contribution in [-0.4, -0.2) is 0 Å². The molecule has 0 saturated heterocycles. The highest BCUT2D eigenvalue weighted by Crippen LogP contribution is 2.34.